The van der Waals surface area contributed by atoms with Crippen LogP contribution < -0.4 is 5.32 Å². The summed E-state index contributed by atoms with van der Waals surface area (Å²) >= 11 is 0. The van der Waals surface area contributed by atoms with Crippen LogP contribution in [-0.4, -0.2) is 18.1 Å². The molecule has 1 N–H and O–H groups in total. The summed E-state index contributed by atoms with van der Waals surface area (Å²) < 4.78 is 39.8. The van der Waals surface area contributed by atoms with Crippen LogP contribution in [0.1, 0.15) is 17.9 Å². The van der Waals surface area contributed by atoms with Crippen LogP contribution in [0.15, 0.2) is 24.0 Å². The van der Waals surface area contributed by atoms with Gasteiger partial charge >= 0.3 is 0 Å². The van der Waals surface area contributed by atoms with E-state index in [1.807, 2.05) is 11.1 Å². The minimum Gasteiger partial charge on any atom is -0.372 e. The molecule has 1 atom stereocenters. The highest BCUT2D eigenvalue weighted by molar-refractivity contribution is 5.29. The van der Waals surface area contributed by atoms with Crippen LogP contribution in [0.4, 0.5) is 13.2 Å². The summed E-state index contributed by atoms with van der Waals surface area (Å²) in [5.41, 5.74) is 1.21. The van der Waals surface area contributed by atoms with E-state index in [9.17, 15) is 13.2 Å². The van der Waals surface area contributed by atoms with Gasteiger partial charge in [-0.05, 0) is 18.1 Å². The second kappa shape index (κ2) is 3.68. The zero-order valence-electron chi connectivity index (χ0n) is 9.01. The number of nitrogens with one attached hydrogen (secondary N) is 1. The third kappa shape index (κ3) is 1.66. The quantitative estimate of drug-likeness (QED) is 0.758. The molecule has 1 saturated heterocycles. The second-order valence-electron chi connectivity index (χ2n) is 4.41. The van der Waals surface area contributed by atoms with Gasteiger partial charge < -0.3 is 10.2 Å². The number of halogens is 3. The molecule has 0 aromatic heterocycles. The van der Waals surface area contributed by atoms with Gasteiger partial charge in [-0.15, -0.1) is 0 Å². The molecule has 5 heteroatoms. The second-order valence-corrected chi connectivity index (χ2v) is 4.41. The Morgan fingerprint density at radius 3 is 2.82 bits per heavy atom. The van der Waals surface area contributed by atoms with Gasteiger partial charge in [-0.25, -0.2) is 13.2 Å². The van der Waals surface area contributed by atoms with Gasteiger partial charge in [0.15, 0.2) is 11.6 Å². The maximum Gasteiger partial charge on any atom is 0.162 e. The number of rotatable bonds is 1. The summed E-state index contributed by atoms with van der Waals surface area (Å²) in [7, 11) is 0. The number of nitrogens with zero attached hydrogens (tertiary/aromatic N) is 1. The van der Waals surface area contributed by atoms with E-state index in [0.29, 0.717) is 25.7 Å². The maximum atomic E-state index is 13.6. The Hall–Kier alpha value is -1.65. The fourth-order valence-electron chi connectivity index (χ4n) is 2.50. The lowest BCUT2D eigenvalue weighted by atomic mass is 9.96. The first-order valence-electron chi connectivity index (χ1n) is 5.47. The third-order valence-corrected chi connectivity index (χ3v) is 3.31. The lowest BCUT2D eigenvalue weighted by molar-refractivity contribution is 0.394. The Bertz CT molecular complexity index is 499. The largest absolute Gasteiger partial charge is 0.372 e. The Morgan fingerprint density at radius 1 is 1.24 bits per heavy atom. The van der Waals surface area contributed by atoms with Gasteiger partial charge in [0, 0.05) is 30.4 Å². The molecule has 2 nitrogen and oxygen atoms in total. The van der Waals surface area contributed by atoms with Crippen LogP contribution in [0.3, 0.4) is 0 Å². The molecule has 0 spiro atoms. The molecule has 0 saturated carbocycles. The zero-order valence-corrected chi connectivity index (χ0v) is 9.01. The van der Waals surface area contributed by atoms with Crippen molar-refractivity contribution in [3.63, 3.8) is 0 Å². The zero-order chi connectivity index (χ0) is 12.0. The molecule has 2 heterocycles. The first-order chi connectivity index (χ1) is 8.15. The number of hydrogen-bond donors (Lipinski definition) is 1. The maximum absolute atomic E-state index is 13.6. The molecule has 17 heavy (non-hydrogen) atoms. The van der Waals surface area contributed by atoms with E-state index in [4.69, 9.17) is 0 Å². The van der Waals surface area contributed by atoms with Crippen molar-refractivity contribution in [3.05, 3.63) is 47.0 Å². The fraction of sp³-hybridized carbons (Fsp3) is 0.333. The SMILES string of the molecule is Fc1cc(F)c(F)c([C@@H]2CC3=CNCN3C2)c1. The molecule has 1 fully saturated rings. The van der Waals surface area contributed by atoms with Gasteiger partial charge in [0.2, 0.25) is 0 Å². The Morgan fingerprint density at radius 2 is 2.06 bits per heavy atom. The van der Waals surface area contributed by atoms with E-state index in [0.717, 1.165) is 11.8 Å². The highest BCUT2D eigenvalue weighted by atomic mass is 19.2. The minimum absolute atomic E-state index is 0.137. The lowest BCUT2D eigenvalue weighted by Gasteiger charge is -2.15. The molecule has 0 aliphatic carbocycles. The van der Waals surface area contributed by atoms with Crippen molar-refractivity contribution in [1.82, 2.24) is 10.2 Å². The van der Waals surface area contributed by atoms with Gasteiger partial charge in [0.25, 0.3) is 0 Å². The van der Waals surface area contributed by atoms with Gasteiger partial charge in [0.05, 0.1) is 6.67 Å². The van der Waals surface area contributed by atoms with Crippen LogP contribution in [0.2, 0.25) is 0 Å². The summed E-state index contributed by atoms with van der Waals surface area (Å²) in [6, 6.07) is 1.68. The summed E-state index contributed by atoms with van der Waals surface area (Å²) in [6.45, 7) is 1.28. The first-order valence-corrected chi connectivity index (χ1v) is 5.47. The van der Waals surface area contributed by atoms with Crippen molar-refractivity contribution < 1.29 is 13.2 Å². The van der Waals surface area contributed by atoms with Crippen LogP contribution in [0, 0.1) is 17.5 Å². The minimum atomic E-state index is -1.11. The summed E-state index contributed by atoms with van der Waals surface area (Å²) in [5.74, 6) is -2.93. The molecule has 1 aromatic carbocycles. The summed E-state index contributed by atoms with van der Waals surface area (Å²) in [4.78, 5) is 2.05. The number of hydrogen-bond acceptors (Lipinski definition) is 2. The molecular formula is C12H11F3N2. The Labute approximate surface area is 96.7 Å². The lowest BCUT2D eigenvalue weighted by Crippen LogP contribution is -2.22. The van der Waals surface area contributed by atoms with Gasteiger partial charge in [0.1, 0.15) is 5.82 Å². The molecule has 2 aliphatic heterocycles. The average molecular weight is 240 g/mol. The molecular weight excluding hydrogens is 229 g/mol. The van der Waals surface area contributed by atoms with Crippen molar-refractivity contribution in [3.8, 4) is 0 Å². The van der Waals surface area contributed by atoms with Crippen molar-refractivity contribution in [1.29, 1.82) is 0 Å². The van der Waals surface area contributed by atoms with E-state index in [-0.39, 0.29) is 11.5 Å². The first kappa shape index (κ1) is 10.5. The van der Waals surface area contributed by atoms with Crippen molar-refractivity contribution in [2.45, 2.75) is 12.3 Å². The average Bonchev–Trinajstić information content (AvgIpc) is 2.83. The van der Waals surface area contributed by atoms with E-state index in [2.05, 4.69) is 5.32 Å². The molecule has 2 aliphatic rings. The van der Waals surface area contributed by atoms with Gasteiger partial charge in [-0.2, -0.15) is 0 Å². The van der Waals surface area contributed by atoms with Crippen molar-refractivity contribution in [2.75, 3.05) is 13.2 Å². The molecule has 0 unspecified atom stereocenters. The number of benzene rings is 1. The molecule has 0 radical (unpaired) electrons. The monoisotopic (exact) mass is 240 g/mol. The predicted octanol–water partition coefficient (Wildman–Crippen LogP) is 2.30. The van der Waals surface area contributed by atoms with Crippen LogP contribution >= 0.6 is 0 Å². The highest BCUT2D eigenvalue weighted by Crippen LogP contribution is 2.36. The molecule has 90 valence electrons. The summed E-state index contributed by atoms with van der Waals surface area (Å²) in [6.07, 6.45) is 2.49. The van der Waals surface area contributed by atoms with E-state index in [1.165, 1.54) is 0 Å². The third-order valence-electron chi connectivity index (χ3n) is 3.31. The van der Waals surface area contributed by atoms with E-state index < -0.39 is 17.5 Å². The molecule has 0 amide bonds. The van der Waals surface area contributed by atoms with Crippen molar-refractivity contribution in [2.24, 2.45) is 0 Å². The smallest absolute Gasteiger partial charge is 0.162 e. The normalized spacial score (nSPS) is 22.4. The van der Waals surface area contributed by atoms with E-state index in [1.54, 1.807) is 0 Å². The number of fused-ring (bicyclic) bond motifs is 1. The standard InChI is InChI=1S/C12H11F3N2/c13-8-2-10(12(15)11(14)3-8)7-1-9-4-16-6-17(9)5-7/h2-4,7,16H,1,5-6H2/t7-/m1/s1. The summed E-state index contributed by atoms with van der Waals surface area (Å²) in [5, 5.41) is 3.06. The Kier molecular flexibility index (Phi) is 2.28. The topological polar surface area (TPSA) is 15.3 Å². The molecule has 3 rings (SSSR count). The highest BCUT2D eigenvalue weighted by Gasteiger charge is 2.32. The van der Waals surface area contributed by atoms with Crippen molar-refractivity contribution >= 4 is 0 Å². The van der Waals surface area contributed by atoms with Gasteiger partial charge in [-0.1, -0.05) is 0 Å². The van der Waals surface area contributed by atoms with Gasteiger partial charge in [-0.3, -0.25) is 0 Å². The van der Waals surface area contributed by atoms with E-state index >= 15 is 0 Å². The van der Waals surface area contributed by atoms with Crippen LogP contribution in [0.25, 0.3) is 0 Å². The molecule has 0 bridgehead atoms. The predicted molar refractivity (Wildman–Crippen MR) is 56.5 cm³/mol. The van der Waals surface area contributed by atoms with Crippen LogP contribution in [-0.2, 0) is 0 Å². The number of allylic oxidation sites excluding steroid dienone is 1. The van der Waals surface area contributed by atoms with Crippen LogP contribution in [0.5, 0.6) is 0 Å². The molecule has 1 aromatic rings. The fourth-order valence-corrected chi connectivity index (χ4v) is 2.50. The Balaban J connectivity index is 1.95.